The van der Waals surface area contributed by atoms with Crippen LogP contribution in [0, 0.1) is 0 Å². The second-order valence-electron chi connectivity index (χ2n) is 2.99. The molecule has 0 unspecified atom stereocenters. The predicted molar refractivity (Wildman–Crippen MR) is 52.0 cm³/mol. The van der Waals surface area contributed by atoms with E-state index in [4.69, 9.17) is 0 Å². The van der Waals surface area contributed by atoms with Gasteiger partial charge in [0.05, 0.1) is 6.42 Å². The van der Waals surface area contributed by atoms with Crippen molar-refractivity contribution in [3.05, 3.63) is 30.1 Å². The minimum atomic E-state index is -0.593. The van der Waals surface area contributed by atoms with Crippen molar-refractivity contribution in [3.8, 4) is 0 Å². The molecule has 1 aromatic rings. The van der Waals surface area contributed by atoms with Crippen molar-refractivity contribution in [2.24, 2.45) is 0 Å². The molecule has 0 aromatic carbocycles. The Morgan fingerprint density at radius 3 is 2.40 bits per heavy atom. The van der Waals surface area contributed by atoms with Crippen LogP contribution in [0.3, 0.4) is 0 Å². The summed E-state index contributed by atoms with van der Waals surface area (Å²) in [6.45, 7) is 1.29. The normalized spacial score (nSPS) is 9.40. The number of carbonyl (C=O) groups excluding carboxylic acids is 3. The summed E-state index contributed by atoms with van der Waals surface area (Å²) in [6, 6.07) is 2.97. The standard InChI is InChI=1S/C10H10N2O3/c1-7(13)6-9(14)12-10(15)8-2-4-11-5-3-8/h2-5H,6H2,1H3,(H,12,14,15). The molecule has 5 heteroatoms. The first kappa shape index (κ1) is 11.0. The highest BCUT2D eigenvalue weighted by Gasteiger charge is 2.11. The molecule has 5 nitrogen and oxygen atoms in total. The van der Waals surface area contributed by atoms with E-state index < -0.39 is 11.8 Å². The molecule has 0 spiro atoms. The maximum atomic E-state index is 11.4. The SMILES string of the molecule is CC(=O)CC(=O)NC(=O)c1ccncc1. The van der Waals surface area contributed by atoms with Gasteiger partial charge in [-0.05, 0) is 19.1 Å². The lowest BCUT2D eigenvalue weighted by molar-refractivity contribution is -0.126. The van der Waals surface area contributed by atoms with Crippen LogP contribution in [0.4, 0.5) is 0 Å². The molecule has 15 heavy (non-hydrogen) atoms. The molecule has 0 aliphatic heterocycles. The van der Waals surface area contributed by atoms with E-state index in [1.54, 1.807) is 0 Å². The fourth-order valence-electron chi connectivity index (χ4n) is 0.972. The largest absolute Gasteiger partial charge is 0.299 e. The van der Waals surface area contributed by atoms with Crippen LogP contribution in [0.1, 0.15) is 23.7 Å². The third-order valence-corrected chi connectivity index (χ3v) is 1.60. The Balaban J connectivity index is 2.57. The second kappa shape index (κ2) is 4.99. The monoisotopic (exact) mass is 206 g/mol. The number of imide groups is 1. The minimum absolute atomic E-state index is 0.281. The molecule has 0 radical (unpaired) electrons. The summed E-state index contributed by atoms with van der Waals surface area (Å²) in [5.41, 5.74) is 0.335. The predicted octanol–water partition coefficient (Wildman–Crippen LogP) is 0.317. The molecular weight excluding hydrogens is 196 g/mol. The van der Waals surface area contributed by atoms with E-state index in [2.05, 4.69) is 10.3 Å². The molecule has 1 rings (SSSR count). The molecule has 0 bridgehead atoms. The lowest BCUT2D eigenvalue weighted by atomic mass is 10.2. The first-order chi connectivity index (χ1) is 7.09. The van der Waals surface area contributed by atoms with Gasteiger partial charge in [0.15, 0.2) is 0 Å². The maximum absolute atomic E-state index is 11.4. The van der Waals surface area contributed by atoms with E-state index in [0.717, 1.165) is 0 Å². The zero-order valence-corrected chi connectivity index (χ0v) is 8.19. The number of nitrogens with zero attached hydrogens (tertiary/aromatic N) is 1. The average molecular weight is 206 g/mol. The summed E-state index contributed by atoms with van der Waals surface area (Å²) in [4.78, 5) is 36.8. The number of pyridine rings is 1. The lowest BCUT2D eigenvalue weighted by Crippen LogP contribution is -2.31. The third-order valence-electron chi connectivity index (χ3n) is 1.60. The van der Waals surface area contributed by atoms with E-state index >= 15 is 0 Å². The summed E-state index contributed by atoms with van der Waals surface area (Å²) in [6.07, 6.45) is 2.62. The van der Waals surface area contributed by atoms with Gasteiger partial charge in [0.1, 0.15) is 5.78 Å². The number of nitrogens with one attached hydrogen (secondary N) is 1. The van der Waals surface area contributed by atoms with Gasteiger partial charge in [0.2, 0.25) is 5.91 Å². The van der Waals surface area contributed by atoms with Crippen LogP contribution >= 0.6 is 0 Å². The second-order valence-corrected chi connectivity index (χ2v) is 2.99. The number of hydrogen-bond acceptors (Lipinski definition) is 4. The number of Topliss-reactive ketones (excluding diaryl/α,β-unsaturated/α-hetero) is 1. The summed E-state index contributed by atoms with van der Waals surface area (Å²) < 4.78 is 0. The zero-order chi connectivity index (χ0) is 11.3. The Hall–Kier alpha value is -2.04. The van der Waals surface area contributed by atoms with E-state index in [-0.39, 0.29) is 12.2 Å². The van der Waals surface area contributed by atoms with Crippen LogP contribution in [-0.4, -0.2) is 22.6 Å². The van der Waals surface area contributed by atoms with Gasteiger partial charge in [-0.2, -0.15) is 0 Å². The van der Waals surface area contributed by atoms with Crippen molar-refractivity contribution < 1.29 is 14.4 Å². The Bertz CT molecular complexity index is 387. The smallest absolute Gasteiger partial charge is 0.257 e. The molecule has 0 fully saturated rings. The molecular formula is C10H10N2O3. The first-order valence-electron chi connectivity index (χ1n) is 4.33. The number of carbonyl (C=O) groups is 3. The van der Waals surface area contributed by atoms with Crippen molar-refractivity contribution in [3.63, 3.8) is 0 Å². The van der Waals surface area contributed by atoms with Gasteiger partial charge in [0, 0.05) is 18.0 Å². The Morgan fingerprint density at radius 1 is 1.27 bits per heavy atom. The Kier molecular flexibility index (Phi) is 3.68. The van der Waals surface area contributed by atoms with Gasteiger partial charge in [-0.1, -0.05) is 0 Å². The van der Waals surface area contributed by atoms with Gasteiger partial charge in [-0.25, -0.2) is 0 Å². The molecule has 2 amide bonds. The summed E-state index contributed by atoms with van der Waals surface area (Å²) in [7, 11) is 0. The van der Waals surface area contributed by atoms with E-state index in [1.807, 2.05) is 0 Å². The van der Waals surface area contributed by atoms with Gasteiger partial charge in [0.25, 0.3) is 5.91 Å². The maximum Gasteiger partial charge on any atom is 0.257 e. The molecule has 0 aliphatic rings. The lowest BCUT2D eigenvalue weighted by Gasteiger charge is -2.01. The zero-order valence-electron chi connectivity index (χ0n) is 8.19. The van der Waals surface area contributed by atoms with Crippen LogP contribution in [0.5, 0.6) is 0 Å². The van der Waals surface area contributed by atoms with Crippen LogP contribution in [0.15, 0.2) is 24.5 Å². The van der Waals surface area contributed by atoms with Gasteiger partial charge in [-0.3, -0.25) is 24.7 Å². The van der Waals surface area contributed by atoms with Crippen molar-refractivity contribution in [2.75, 3.05) is 0 Å². The van der Waals surface area contributed by atoms with Crippen molar-refractivity contribution >= 4 is 17.6 Å². The molecule has 1 aromatic heterocycles. The minimum Gasteiger partial charge on any atom is -0.299 e. The Labute approximate surface area is 86.5 Å². The van der Waals surface area contributed by atoms with E-state index in [0.29, 0.717) is 5.56 Å². The molecule has 0 saturated heterocycles. The Morgan fingerprint density at radius 2 is 1.87 bits per heavy atom. The van der Waals surface area contributed by atoms with E-state index in [1.165, 1.54) is 31.5 Å². The number of ketones is 1. The van der Waals surface area contributed by atoms with Gasteiger partial charge in [-0.15, -0.1) is 0 Å². The number of aromatic nitrogens is 1. The van der Waals surface area contributed by atoms with Crippen molar-refractivity contribution in [1.29, 1.82) is 0 Å². The van der Waals surface area contributed by atoms with E-state index in [9.17, 15) is 14.4 Å². The number of rotatable bonds is 3. The van der Waals surface area contributed by atoms with Crippen LogP contribution in [0.25, 0.3) is 0 Å². The molecule has 0 saturated carbocycles. The fraction of sp³-hybridized carbons (Fsp3) is 0.200. The van der Waals surface area contributed by atoms with Gasteiger partial charge >= 0.3 is 0 Å². The summed E-state index contributed by atoms with van der Waals surface area (Å²) >= 11 is 0. The summed E-state index contributed by atoms with van der Waals surface area (Å²) in [5, 5.41) is 2.10. The quantitative estimate of drug-likeness (QED) is 0.722. The summed E-state index contributed by atoms with van der Waals surface area (Å²) in [5.74, 6) is -1.40. The number of amides is 2. The fourth-order valence-corrected chi connectivity index (χ4v) is 0.972. The average Bonchev–Trinajstić information content (AvgIpc) is 2.17. The highest BCUT2D eigenvalue weighted by Crippen LogP contribution is 1.95. The van der Waals surface area contributed by atoms with Crippen molar-refractivity contribution in [1.82, 2.24) is 10.3 Å². The highest BCUT2D eigenvalue weighted by molar-refractivity contribution is 6.09. The van der Waals surface area contributed by atoms with Crippen LogP contribution < -0.4 is 5.32 Å². The highest BCUT2D eigenvalue weighted by atomic mass is 16.2. The molecule has 1 heterocycles. The molecule has 1 N–H and O–H groups in total. The molecule has 0 aliphatic carbocycles. The van der Waals surface area contributed by atoms with Crippen molar-refractivity contribution in [2.45, 2.75) is 13.3 Å². The van der Waals surface area contributed by atoms with Crippen LogP contribution in [0.2, 0.25) is 0 Å². The number of hydrogen-bond donors (Lipinski definition) is 1. The van der Waals surface area contributed by atoms with Crippen LogP contribution in [-0.2, 0) is 9.59 Å². The third kappa shape index (κ3) is 3.68. The van der Waals surface area contributed by atoms with Gasteiger partial charge < -0.3 is 0 Å². The first-order valence-corrected chi connectivity index (χ1v) is 4.33. The topological polar surface area (TPSA) is 76.1 Å². The molecule has 0 atom stereocenters. The molecule has 78 valence electrons.